The lowest BCUT2D eigenvalue weighted by Crippen LogP contribution is -2.25. The first-order valence-electron chi connectivity index (χ1n) is 6.97. The number of nitrogens with zero attached hydrogens (tertiary/aromatic N) is 2. The third kappa shape index (κ3) is 4.08. The Morgan fingerprint density at radius 2 is 1.86 bits per heavy atom. The van der Waals surface area contributed by atoms with E-state index in [1.54, 1.807) is 19.5 Å². The monoisotopic (exact) mass is 316 g/mol. The molecular weight excluding hydrogens is 296 g/mol. The molecule has 1 atom stereocenters. The molecule has 0 bridgehead atoms. The van der Waals surface area contributed by atoms with Gasteiger partial charge in [-0.15, -0.1) is 0 Å². The van der Waals surface area contributed by atoms with Crippen LogP contribution in [0.4, 0.5) is 0 Å². The zero-order chi connectivity index (χ0) is 16.2. The molecule has 5 heteroatoms. The summed E-state index contributed by atoms with van der Waals surface area (Å²) in [5.74, 6) is 0.802. The van der Waals surface area contributed by atoms with Crippen LogP contribution in [0.15, 0.2) is 47.0 Å². The van der Waals surface area contributed by atoms with E-state index in [-0.39, 0.29) is 4.75 Å². The summed E-state index contributed by atoms with van der Waals surface area (Å²) in [5.41, 5.74) is 2.65. The number of pyridine rings is 1. The van der Waals surface area contributed by atoms with Gasteiger partial charge < -0.3 is 9.29 Å². The van der Waals surface area contributed by atoms with Crippen molar-refractivity contribution in [2.24, 2.45) is 4.40 Å². The molecule has 0 saturated heterocycles. The second-order valence-corrected chi connectivity index (χ2v) is 7.69. The maximum Gasteiger partial charge on any atom is 0.144 e. The summed E-state index contributed by atoms with van der Waals surface area (Å²) in [6.45, 7) is 5.68. The summed E-state index contributed by atoms with van der Waals surface area (Å²) in [6, 6.07) is 11.6. The van der Waals surface area contributed by atoms with Gasteiger partial charge in [-0.1, -0.05) is 22.6 Å². The SMILES string of the molecule is COc1ccc(-c2cccnc2C=N[S@@+]([O-])C(C)(C)C)cc1. The topological polar surface area (TPSA) is 57.5 Å². The van der Waals surface area contributed by atoms with Crippen molar-refractivity contribution < 1.29 is 9.29 Å². The minimum Gasteiger partial charge on any atom is -0.591 e. The molecule has 0 spiro atoms. The molecule has 0 unspecified atom stereocenters. The third-order valence-corrected chi connectivity index (χ3v) is 4.38. The molecule has 0 aliphatic carbocycles. The normalized spacial score (nSPS) is 13.3. The highest BCUT2D eigenvalue weighted by Gasteiger charge is 2.26. The smallest absolute Gasteiger partial charge is 0.144 e. The fraction of sp³-hybridized carbons (Fsp3) is 0.294. The first-order valence-corrected chi connectivity index (χ1v) is 8.08. The molecule has 1 aromatic carbocycles. The predicted molar refractivity (Wildman–Crippen MR) is 91.7 cm³/mol. The van der Waals surface area contributed by atoms with Gasteiger partial charge in [0.15, 0.2) is 0 Å². The molecule has 0 saturated carbocycles. The van der Waals surface area contributed by atoms with Crippen LogP contribution in [-0.2, 0) is 11.4 Å². The van der Waals surface area contributed by atoms with E-state index < -0.39 is 11.4 Å². The first kappa shape index (κ1) is 16.5. The number of rotatable bonds is 4. The molecule has 116 valence electrons. The van der Waals surface area contributed by atoms with Gasteiger partial charge in [0.2, 0.25) is 0 Å². The minimum atomic E-state index is -1.30. The third-order valence-electron chi connectivity index (χ3n) is 3.03. The zero-order valence-corrected chi connectivity index (χ0v) is 14.1. The van der Waals surface area contributed by atoms with Crippen molar-refractivity contribution in [3.05, 3.63) is 48.3 Å². The first-order chi connectivity index (χ1) is 10.4. The lowest BCUT2D eigenvalue weighted by Gasteiger charge is -2.17. The molecule has 2 rings (SSSR count). The molecule has 0 N–H and O–H groups in total. The molecule has 2 aromatic rings. The number of ether oxygens (including phenoxy) is 1. The highest BCUT2D eigenvalue weighted by atomic mass is 32.2. The van der Waals surface area contributed by atoms with Crippen molar-refractivity contribution in [2.75, 3.05) is 7.11 Å². The molecular formula is C17H20N2O2S. The summed E-state index contributed by atoms with van der Waals surface area (Å²) in [6.07, 6.45) is 3.29. The standard InChI is InChI=1S/C17H20N2O2S/c1-17(2,3)22(20)19-12-16-15(6-5-11-18-16)13-7-9-14(21-4)10-8-13/h5-12H,1-4H3/t22-/m0/s1. The largest absolute Gasteiger partial charge is 0.591 e. The molecule has 1 aromatic heterocycles. The van der Waals surface area contributed by atoms with Gasteiger partial charge in [-0.25, -0.2) is 0 Å². The Balaban J connectivity index is 2.32. The van der Waals surface area contributed by atoms with E-state index in [0.717, 1.165) is 16.9 Å². The van der Waals surface area contributed by atoms with Crippen molar-refractivity contribution in [3.63, 3.8) is 0 Å². The van der Waals surface area contributed by atoms with Crippen molar-refractivity contribution >= 4 is 17.6 Å². The van der Waals surface area contributed by atoms with Crippen LogP contribution < -0.4 is 4.74 Å². The number of benzene rings is 1. The van der Waals surface area contributed by atoms with Crippen molar-refractivity contribution in [1.82, 2.24) is 4.98 Å². The van der Waals surface area contributed by atoms with Crippen LogP contribution in [0.1, 0.15) is 26.5 Å². The van der Waals surface area contributed by atoms with E-state index in [1.165, 1.54) is 0 Å². The van der Waals surface area contributed by atoms with E-state index in [0.29, 0.717) is 5.69 Å². The fourth-order valence-corrected chi connectivity index (χ4v) is 2.30. The maximum absolute atomic E-state index is 12.0. The lowest BCUT2D eigenvalue weighted by molar-refractivity contribution is 0.415. The Kier molecular flexibility index (Phi) is 5.21. The van der Waals surface area contributed by atoms with E-state index in [9.17, 15) is 4.55 Å². The van der Waals surface area contributed by atoms with Crippen LogP contribution in [0.5, 0.6) is 5.75 Å². The van der Waals surface area contributed by atoms with Crippen molar-refractivity contribution in [1.29, 1.82) is 0 Å². The van der Waals surface area contributed by atoms with Crippen molar-refractivity contribution in [2.45, 2.75) is 25.5 Å². The number of hydrogen-bond acceptors (Lipinski definition) is 4. The molecule has 0 radical (unpaired) electrons. The lowest BCUT2D eigenvalue weighted by atomic mass is 10.0. The van der Waals surface area contributed by atoms with Gasteiger partial charge in [0.25, 0.3) is 0 Å². The van der Waals surface area contributed by atoms with E-state index in [2.05, 4.69) is 9.38 Å². The van der Waals surface area contributed by atoms with Crippen LogP contribution >= 0.6 is 0 Å². The maximum atomic E-state index is 12.0. The van der Waals surface area contributed by atoms with E-state index in [1.807, 2.05) is 57.2 Å². The Bertz CT molecular complexity index is 648. The van der Waals surface area contributed by atoms with Gasteiger partial charge >= 0.3 is 0 Å². The molecule has 0 amide bonds. The van der Waals surface area contributed by atoms with Gasteiger partial charge in [0.1, 0.15) is 28.1 Å². The summed E-state index contributed by atoms with van der Waals surface area (Å²) in [7, 11) is 1.64. The molecule has 0 aliphatic rings. The van der Waals surface area contributed by atoms with Gasteiger partial charge in [-0.05, 0) is 44.5 Å². The fourth-order valence-electron chi connectivity index (χ4n) is 1.79. The second kappa shape index (κ2) is 6.94. The minimum absolute atomic E-state index is 0.383. The summed E-state index contributed by atoms with van der Waals surface area (Å²) in [5, 5.41) is 0. The van der Waals surface area contributed by atoms with Gasteiger partial charge in [0.05, 0.1) is 12.8 Å². The van der Waals surface area contributed by atoms with E-state index in [4.69, 9.17) is 4.74 Å². The van der Waals surface area contributed by atoms with Gasteiger partial charge in [-0.2, -0.15) is 0 Å². The summed E-state index contributed by atoms with van der Waals surface area (Å²) >= 11 is -1.30. The van der Waals surface area contributed by atoms with Gasteiger partial charge in [0, 0.05) is 11.8 Å². The van der Waals surface area contributed by atoms with Crippen LogP contribution in [0.2, 0.25) is 0 Å². The Morgan fingerprint density at radius 1 is 1.18 bits per heavy atom. The quantitative estimate of drug-likeness (QED) is 0.639. The number of methoxy groups -OCH3 is 1. The molecule has 0 aliphatic heterocycles. The number of hydrogen-bond donors (Lipinski definition) is 0. The van der Waals surface area contributed by atoms with Crippen LogP contribution in [0, 0.1) is 0 Å². The highest BCUT2D eigenvalue weighted by Crippen LogP contribution is 2.24. The Hall–Kier alpha value is -1.85. The number of aromatic nitrogens is 1. The average Bonchev–Trinajstić information content (AvgIpc) is 2.52. The summed E-state index contributed by atoms with van der Waals surface area (Å²) < 4.78 is 21.0. The zero-order valence-electron chi connectivity index (χ0n) is 13.2. The van der Waals surface area contributed by atoms with Crippen LogP contribution in [0.25, 0.3) is 11.1 Å². The highest BCUT2D eigenvalue weighted by molar-refractivity contribution is 7.91. The Morgan fingerprint density at radius 3 is 2.45 bits per heavy atom. The average molecular weight is 316 g/mol. The molecule has 22 heavy (non-hydrogen) atoms. The second-order valence-electron chi connectivity index (χ2n) is 5.76. The molecule has 0 fully saturated rings. The molecule has 4 nitrogen and oxygen atoms in total. The van der Waals surface area contributed by atoms with Crippen LogP contribution in [0.3, 0.4) is 0 Å². The predicted octanol–water partition coefficient (Wildman–Crippen LogP) is 3.64. The summed E-state index contributed by atoms with van der Waals surface area (Å²) in [4.78, 5) is 4.34. The molecule has 1 heterocycles. The van der Waals surface area contributed by atoms with Crippen molar-refractivity contribution in [3.8, 4) is 16.9 Å². The van der Waals surface area contributed by atoms with E-state index >= 15 is 0 Å². The Labute approximate surface area is 134 Å². The van der Waals surface area contributed by atoms with Gasteiger partial charge in [-0.3, -0.25) is 4.98 Å². The van der Waals surface area contributed by atoms with Crippen LogP contribution in [-0.4, -0.2) is 27.6 Å².